The summed E-state index contributed by atoms with van der Waals surface area (Å²) < 4.78 is 320. The maximum atomic E-state index is 10.6. The predicted molar refractivity (Wildman–Crippen MR) is 219 cm³/mol. The van der Waals surface area contributed by atoms with Gasteiger partial charge in [-0.2, -0.15) is 132 Å². The molecule has 0 heterocycles. The van der Waals surface area contributed by atoms with E-state index in [2.05, 4.69) is 48.5 Å². The average molecular weight is 1810 g/mol. The Morgan fingerprint density at radius 2 is 0.273 bits per heavy atom. The first-order valence-corrected chi connectivity index (χ1v) is 19.6. The van der Waals surface area contributed by atoms with E-state index in [1.165, 1.54) is 52.2 Å². The van der Waals surface area contributed by atoms with Crippen molar-refractivity contribution in [1.82, 2.24) is 0 Å². The number of hydrogen-bond acceptors (Lipinski definition) is 10. The first kappa shape index (κ1) is 116. The number of carboxylic acid groups (broad SMARTS) is 10. The Kier molecular flexibility index (Phi) is 68.8. The van der Waals surface area contributed by atoms with E-state index in [-0.39, 0.29) is 58.8 Å². The van der Waals surface area contributed by atoms with Crippen molar-refractivity contribution in [1.29, 1.82) is 0 Å². The molecular formula is C32H24F30O22Sn4. The van der Waals surface area contributed by atoms with Crippen LogP contribution in [0.2, 0.25) is 0 Å². The molecule has 0 saturated carbocycles. The van der Waals surface area contributed by atoms with Crippen molar-refractivity contribution in [3.63, 3.8) is 0 Å². The molecule has 14 radical (unpaired) electrons. The molecule has 0 atom stereocenters. The van der Waals surface area contributed by atoms with Gasteiger partial charge in [0.1, 0.15) is 0 Å². The van der Waals surface area contributed by atoms with Crippen LogP contribution in [0.25, 0.3) is 0 Å². The number of carboxylic acids is 10. The summed E-state index contributed by atoms with van der Waals surface area (Å²) in [5.41, 5.74) is 0. The number of benzene rings is 2. The van der Waals surface area contributed by atoms with E-state index in [0.29, 0.717) is 0 Å². The summed E-state index contributed by atoms with van der Waals surface area (Å²) >= 11 is 2.99. The van der Waals surface area contributed by atoms with Crippen molar-refractivity contribution in [3.8, 4) is 0 Å². The van der Waals surface area contributed by atoms with Crippen LogP contribution < -0.4 is 7.16 Å². The van der Waals surface area contributed by atoms with Gasteiger partial charge in [-0.3, -0.25) is 0 Å². The van der Waals surface area contributed by atoms with Gasteiger partial charge in [0.05, 0.1) is 0 Å². The summed E-state index contributed by atoms with van der Waals surface area (Å²) in [5.74, 6) is -27.6. The second-order valence-electron chi connectivity index (χ2n) is 10.8. The van der Waals surface area contributed by atoms with E-state index >= 15 is 0 Å². The van der Waals surface area contributed by atoms with Crippen molar-refractivity contribution in [2.45, 2.75) is 61.8 Å². The van der Waals surface area contributed by atoms with Crippen LogP contribution >= 0.6 is 0 Å². The molecule has 88 heavy (non-hydrogen) atoms. The van der Waals surface area contributed by atoms with Gasteiger partial charge >= 0.3 is 234 Å². The van der Waals surface area contributed by atoms with Crippen molar-refractivity contribution < 1.29 is 242 Å². The third-order valence-corrected chi connectivity index (χ3v) is 5.88. The van der Waals surface area contributed by atoms with Crippen molar-refractivity contribution in [3.05, 3.63) is 60.7 Å². The fraction of sp³-hybridized carbons (Fsp3) is 0.312. The van der Waals surface area contributed by atoms with Crippen LogP contribution in [-0.2, 0) is 47.9 Å². The summed E-state index contributed by atoms with van der Waals surface area (Å²) in [7, 11) is 0. The van der Waals surface area contributed by atoms with Gasteiger partial charge in [-0.15, -0.1) is 0 Å². The first-order valence-electron chi connectivity index (χ1n) is 16.8. The molecule has 510 valence electrons. The van der Waals surface area contributed by atoms with Crippen LogP contribution in [0.4, 0.5) is 132 Å². The Bertz CT molecular complexity index is 1830. The molecule has 0 amide bonds. The molecule has 2 aromatic carbocycles. The molecule has 14 N–H and O–H groups in total. The van der Waals surface area contributed by atoms with E-state index in [1.807, 2.05) is 12.1 Å². The molecule has 0 aliphatic heterocycles. The van der Waals surface area contributed by atoms with Crippen molar-refractivity contribution in [2.24, 2.45) is 0 Å². The molecule has 2 aromatic rings. The molecule has 0 aromatic heterocycles. The fourth-order valence-corrected chi connectivity index (χ4v) is 1.97. The molecule has 22 nitrogen and oxygen atoms in total. The summed E-state index contributed by atoms with van der Waals surface area (Å²) in [4.78, 5) is 89.0. The van der Waals surface area contributed by atoms with Gasteiger partial charge in [-0.1, -0.05) is 0 Å². The summed E-state index contributed by atoms with van der Waals surface area (Å²) in [6, 6.07) is 20.8. The predicted octanol–water partition coefficient (Wildman–Crippen LogP) is 4.88. The molecule has 0 aliphatic rings. The zero-order valence-electron chi connectivity index (χ0n) is 39.7. The standard InChI is InChI=1S/2C6H5.10C2HF3O2.2H2O.4Sn/c2*1-2-4-6-5-3-1;10*3-2(4,5)1(6)7;;;;;;/h2*1-5H;10*(H,6,7);2*1H2;;;;. The second-order valence-corrected chi connectivity index (χ2v) is 14.1. The Balaban J connectivity index is -0.0000000563. The maximum absolute atomic E-state index is 10.6. The quantitative estimate of drug-likeness (QED) is 0.124. The van der Waals surface area contributed by atoms with Gasteiger partial charge in [0.15, 0.2) is 0 Å². The molecule has 56 heteroatoms. The molecule has 2 rings (SSSR count). The van der Waals surface area contributed by atoms with Crippen LogP contribution in [0.5, 0.6) is 0 Å². The SMILES string of the molecule is O.O.O=C(O)C(F)(F)F.O=C(O)C(F)(F)F.O=C(O)C(F)(F)F.O=C(O)C(F)(F)F.O=C(O)C(F)(F)F.O=C(O)C(F)(F)F.O=C(O)C(F)(F)F.O=C(O)C(F)(F)F.O=C(O)C(F)(F)F.O=C(O)C(F)(F)F.[Sn].[Sn].[Sn][c]1ccccc1.[Sn][c]1ccccc1. The molecule has 0 aliphatic carbocycles. The number of carbonyl (C=O) groups is 10. The van der Waals surface area contributed by atoms with Gasteiger partial charge < -0.3 is 62.0 Å². The van der Waals surface area contributed by atoms with Gasteiger partial charge in [0.25, 0.3) is 0 Å². The van der Waals surface area contributed by atoms with Gasteiger partial charge in [0, 0.05) is 47.8 Å². The number of alkyl halides is 30. The summed E-state index contributed by atoms with van der Waals surface area (Å²) in [6.07, 6.45) is -50.8. The zero-order chi connectivity index (χ0) is 71.0. The van der Waals surface area contributed by atoms with Gasteiger partial charge in [-0.25, -0.2) is 47.9 Å². The van der Waals surface area contributed by atoms with E-state index < -0.39 is 121 Å². The van der Waals surface area contributed by atoms with Crippen LogP contribution in [0.15, 0.2) is 60.7 Å². The first-order chi connectivity index (χ1) is 36.2. The number of aliphatic carboxylic acids is 10. The molecule has 0 spiro atoms. The average Bonchev–Trinajstić information content (AvgIpc) is 3.23. The zero-order valence-corrected chi connectivity index (χ0v) is 51.1. The van der Waals surface area contributed by atoms with Crippen LogP contribution in [0, 0.1) is 0 Å². The third kappa shape index (κ3) is 102. The van der Waals surface area contributed by atoms with Gasteiger partial charge in [0.2, 0.25) is 0 Å². The monoisotopic (exact) mass is 1810 g/mol. The second kappa shape index (κ2) is 52.0. The topological polar surface area (TPSA) is 436 Å². The van der Waals surface area contributed by atoms with Crippen LogP contribution in [0.3, 0.4) is 0 Å². The minimum absolute atomic E-state index is 0. The molecule has 0 fully saturated rings. The molecule has 0 unspecified atom stereocenters. The summed E-state index contributed by atoms with van der Waals surface area (Å²) in [6.45, 7) is 0. The van der Waals surface area contributed by atoms with Crippen molar-refractivity contribution >= 4 is 160 Å². The Labute approximate surface area is 521 Å². The number of hydrogen-bond donors (Lipinski definition) is 10. The molecular weight excluding hydrogens is 1780 g/mol. The normalized spacial score (nSPS) is 10.4. The number of halogens is 30. The Morgan fingerprint density at radius 1 is 0.216 bits per heavy atom. The van der Waals surface area contributed by atoms with Crippen LogP contribution in [0.1, 0.15) is 0 Å². The Hall–Kier alpha value is -5.85. The van der Waals surface area contributed by atoms with E-state index in [4.69, 9.17) is 99.0 Å². The van der Waals surface area contributed by atoms with E-state index in [9.17, 15) is 132 Å². The van der Waals surface area contributed by atoms with E-state index in [0.717, 1.165) is 0 Å². The fourth-order valence-electron chi connectivity index (χ4n) is 0.876. The minimum atomic E-state index is -5.08. The summed E-state index contributed by atoms with van der Waals surface area (Å²) in [5, 5.41) is 71.2. The third-order valence-electron chi connectivity index (χ3n) is 3.97. The van der Waals surface area contributed by atoms with Crippen molar-refractivity contribution in [2.75, 3.05) is 0 Å². The Morgan fingerprint density at radius 3 is 0.295 bits per heavy atom. The van der Waals surface area contributed by atoms with Gasteiger partial charge in [-0.05, 0) is 0 Å². The molecule has 0 bridgehead atoms. The van der Waals surface area contributed by atoms with Crippen LogP contribution in [-0.4, -0.2) is 276 Å². The molecule has 0 saturated heterocycles. The van der Waals surface area contributed by atoms with E-state index in [1.54, 1.807) is 0 Å². The number of rotatable bonds is 0.